The van der Waals surface area contributed by atoms with Crippen molar-refractivity contribution in [2.45, 2.75) is 50.8 Å². The van der Waals surface area contributed by atoms with Crippen LogP contribution >= 0.6 is 31.9 Å². The third-order valence-corrected chi connectivity index (χ3v) is 6.53. The molecule has 3 unspecified atom stereocenters. The van der Waals surface area contributed by atoms with Crippen molar-refractivity contribution in [1.29, 1.82) is 0 Å². The summed E-state index contributed by atoms with van der Waals surface area (Å²) in [5.74, 6) is 1.66. The molecule has 1 aromatic rings. The van der Waals surface area contributed by atoms with Crippen LogP contribution in [0.5, 0.6) is 0 Å². The lowest BCUT2D eigenvalue weighted by Gasteiger charge is -2.33. The molecule has 0 aromatic carbocycles. The number of nitrogens with zero attached hydrogens (tertiary/aromatic N) is 2. The third kappa shape index (κ3) is 3.01. The molecular weight excluding hydrogens is 356 g/mol. The summed E-state index contributed by atoms with van der Waals surface area (Å²) >= 11 is 7.56. The fourth-order valence-electron chi connectivity index (χ4n) is 3.06. The van der Waals surface area contributed by atoms with Crippen molar-refractivity contribution in [2.75, 3.05) is 0 Å². The molecule has 0 amide bonds. The molecule has 102 valence electrons. The van der Waals surface area contributed by atoms with Crippen LogP contribution in [-0.2, 0) is 13.5 Å². The Kier molecular flexibility index (Phi) is 4.92. The quantitative estimate of drug-likeness (QED) is 0.702. The molecule has 4 heteroatoms. The molecule has 0 aliphatic heterocycles. The number of hydrogen-bond donors (Lipinski definition) is 0. The van der Waals surface area contributed by atoms with Crippen LogP contribution in [0.25, 0.3) is 0 Å². The van der Waals surface area contributed by atoms with E-state index in [1.807, 2.05) is 4.68 Å². The molecule has 0 saturated heterocycles. The van der Waals surface area contributed by atoms with Crippen molar-refractivity contribution in [3.63, 3.8) is 0 Å². The first kappa shape index (κ1) is 14.6. The van der Waals surface area contributed by atoms with Crippen LogP contribution in [0.1, 0.15) is 44.0 Å². The molecule has 0 N–H and O–H groups in total. The first-order valence-corrected chi connectivity index (χ1v) is 8.55. The number of halogens is 2. The SMILES string of the molecule is CCC1CCC(Br)C(Cc2c(Br)c(C)nn2C)C1. The molecule has 1 aliphatic rings. The number of alkyl halides is 1. The van der Waals surface area contributed by atoms with Crippen LogP contribution in [0, 0.1) is 18.8 Å². The molecule has 18 heavy (non-hydrogen) atoms. The average Bonchev–Trinajstić information content (AvgIpc) is 2.58. The van der Waals surface area contributed by atoms with Gasteiger partial charge in [0.05, 0.1) is 15.9 Å². The number of aryl methyl sites for hydroxylation is 2. The molecule has 1 aromatic heterocycles. The maximum absolute atomic E-state index is 4.49. The Labute approximate surface area is 127 Å². The Bertz CT molecular complexity index is 414. The second-order valence-corrected chi connectivity index (χ2v) is 7.51. The van der Waals surface area contributed by atoms with Crippen LogP contribution in [-0.4, -0.2) is 14.6 Å². The standard InChI is InChI=1S/C14H22Br2N2/c1-4-10-5-6-12(15)11(7-10)8-13-14(16)9(2)17-18(13)3/h10-12H,4-8H2,1-3H3. The van der Waals surface area contributed by atoms with Crippen LogP contribution in [0.3, 0.4) is 0 Å². The highest BCUT2D eigenvalue weighted by Gasteiger charge is 2.29. The van der Waals surface area contributed by atoms with Crippen molar-refractivity contribution >= 4 is 31.9 Å². The molecule has 0 bridgehead atoms. The van der Waals surface area contributed by atoms with Gasteiger partial charge in [0.25, 0.3) is 0 Å². The van der Waals surface area contributed by atoms with E-state index in [0.717, 1.165) is 24.0 Å². The summed E-state index contributed by atoms with van der Waals surface area (Å²) in [5, 5.41) is 4.49. The maximum atomic E-state index is 4.49. The van der Waals surface area contributed by atoms with Crippen molar-refractivity contribution in [3.8, 4) is 0 Å². The van der Waals surface area contributed by atoms with Gasteiger partial charge in [0, 0.05) is 11.9 Å². The topological polar surface area (TPSA) is 17.8 Å². The predicted octanol–water partition coefficient (Wildman–Crippen LogP) is 4.62. The van der Waals surface area contributed by atoms with Crippen molar-refractivity contribution in [3.05, 3.63) is 15.9 Å². The van der Waals surface area contributed by atoms with Crippen molar-refractivity contribution < 1.29 is 0 Å². The second-order valence-electron chi connectivity index (χ2n) is 5.54. The summed E-state index contributed by atoms with van der Waals surface area (Å²) in [4.78, 5) is 0.669. The van der Waals surface area contributed by atoms with Gasteiger partial charge < -0.3 is 0 Å². The van der Waals surface area contributed by atoms with E-state index in [2.05, 4.69) is 57.9 Å². The van der Waals surface area contributed by atoms with Crippen LogP contribution in [0.15, 0.2) is 4.47 Å². The van der Waals surface area contributed by atoms with Gasteiger partial charge in [0.15, 0.2) is 0 Å². The lowest BCUT2D eigenvalue weighted by molar-refractivity contribution is 0.268. The third-order valence-electron chi connectivity index (χ3n) is 4.29. The molecule has 0 radical (unpaired) electrons. The van der Waals surface area contributed by atoms with E-state index in [4.69, 9.17) is 0 Å². The second kappa shape index (κ2) is 6.08. The van der Waals surface area contributed by atoms with Gasteiger partial charge in [-0.05, 0) is 60.4 Å². The van der Waals surface area contributed by atoms with Gasteiger partial charge in [-0.25, -0.2) is 0 Å². The lowest BCUT2D eigenvalue weighted by atomic mass is 9.78. The molecule has 0 spiro atoms. The molecule has 2 nitrogen and oxygen atoms in total. The zero-order valence-corrected chi connectivity index (χ0v) is 14.6. The van der Waals surface area contributed by atoms with Crippen molar-refractivity contribution in [1.82, 2.24) is 9.78 Å². The zero-order chi connectivity index (χ0) is 13.3. The number of rotatable bonds is 3. The molecule has 1 fully saturated rings. The summed E-state index contributed by atoms with van der Waals surface area (Å²) in [7, 11) is 2.05. The normalized spacial score (nSPS) is 28.6. The molecule has 2 rings (SSSR count). The molecule has 1 aliphatic carbocycles. The minimum absolute atomic E-state index is 0.669. The van der Waals surface area contributed by atoms with Gasteiger partial charge >= 0.3 is 0 Å². The fraction of sp³-hybridized carbons (Fsp3) is 0.786. The highest BCUT2D eigenvalue weighted by Crippen LogP contribution is 2.38. The minimum Gasteiger partial charge on any atom is -0.271 e. The average molecular weight is 378 g/mol. The van der Waals surface area contributed by atoms with Gasteiger partial charge in [-0.3, -0.25) is 4.68 Å². The minimum atomic E-state index is 0.669. The highest BCUT2D eigenvalue weighted by atomic mass is 79.9. The summed E-state index contributed by atoms with van der Waals surface area (Å²) in [6.07, 6.45) is 6.50. The van der Waals surface area contributed by atoms with E-state index in [1.54, 1.807) is 0 Å². The van der Waals surface area contributed by atoms with Gasteiger partial charge in [-0.1, -0.05) is 29.3 Å². The van der Waals surface area contributed by atoms with Crippen molar-refractivity contribution in [2.24, 2.45) is 18.9 Å². The van der Waals surface area contributed by atoms with E-state index in [-0.39, 0.29) is 0 Å². The van der Waals surface area contributed by atoms with Gasteiger partial charge in [-0.2, -0.15) is 5.10 Å². The first-order valence-electron chi connectivity index (χ1n) is 6.85. The fourth-order valence-corrected chi connectivity index (χ4v) is 4.22. The monoisotopic (exact) mass is 376 g/mol. The molecular formula is C14H22Br2N2. The van der Waals surface area contributed by atoms with E-state index in [9.17, 15) is 0 Å². The highest BCUT2D eigenvalue weighted by molar-refractivity contribution is 9.10. The van der Waals surface area contributed by atoms with Gasteiger partial charge in [-0.15, -0.1) is 0 Å². The van der Waals surface area contributed by atoms with Crippen LogP contribution in [0.4, 0.5) is 0 Å². The zero-order valence-electron chi connectivity index (χ0n) is 11.4. The molecule has 1 heterocycles. The number of hydrogen-bond acceptors (Lipinski definition) is 1. The summed E-state index contributed by atoms with van der Waals surface area (Å²) in [6.45, 7) is 4.38. The maximum Gasteiger partial charge on any atom is 0.0738 e. The van der Waals surface area contributed by atoms with Gasteiger partial charge in [0.2, 0.25) is 0 Å². The smallest absolute Gasteiger partial charge is 0.0738 e. The van der Waals surface area contributed by atoms with E-state index in [0.29, 0.717) is 4.83 Å². The molecule has 3 atom stereocenters. The lowest BCUT2D eigenvalue weighted by Crippen LogP contribution is -2.27. The first-order chi connectivity index (χ1) is 8.52. The summed E-state index contributed by atoms with van der Waals surface area (Å²) in [6, 6.07) is 0. The van der Waals surface area contributed by atoms with E-state index in [1.165, 1.54) is 35.8 Å². The number of aromatic nitrogens is 2. The Morgan fingerprint density at radius 1 is 1.39 bits per heavy atom. The Morgan fingerprint density at radius 2 is 2.11 bits per heavy atom. The van der Waals surface area contributed by atoms with E-state index < -0.39 is 0 Å². The Balaban J connectivity index is 2.11. The van der Waals surface area contributed by atoms with E-state index >= 15 is 0 Å². The van der Waals surface area contributed by atoms with Gasteiger partial charge in [0.1, 0.15) is 0 Å². The Hall–Kier alpha value is 0.170. The predicted molar refractivity (Wildman–Crippen MR) is 83.2 cm³/mol. The summed E-state index contributed by atoms with van der Waals surface area (Å²) < 4.78 is 3.23. The molecule has 1 saturated carbocycles. The Morgan fingerprint density at radius 3 is 2.67 bits per heavy atom. The van der Waals surface area contributed by atoms with Crippen LogP contribution < -0.4 is 0 Å². The largest absolute Gasteiger partial charge is 0.271 e. The summed E-state index contributed by atoms with van der Waals surface area (Å²) in [5.41, 5.74) is 2.44. The van der Waals surface area contributed by atoms with Crippen LogP contribution in [0.2, 0.25) is 0 Å².